The normalized spacial score (nSPS) is 15.8. The predicted molar refractivity (Wildman–Crippen MR) is 157 cm³/mol. The summed E-state index contributed by atoms with van der Waals surface area (Å²) in [6.07, 6.45) is 3.27. The molecular formula is C29H30N4O5S2. The molecule has 1 aromatic heterocycles. The van der Waals surface area contributed by atoms with Crippen molar-refractivity contribution in [3.8, 4) is 5.75 Å². The first-order chi connectivity index (χ1) is 19.2. The summed E-state index contributed by atoms with van der Waals surface area (Å²) in [5.41, 5.74) is 2.92. The first-order valence-corrected chi connectivity index (χ1v) is 15.1. The van der Waals surface area contributed by atoms with Crippen LogP contribution in [-0.2, 0) is 14.8 Å². The van der Waals surface area contributed by atoms with Crippen molar-refractivity contribution in [3.63, 3.8) is 0 Å². The van der Waals surface area contributed by atoms with Crippen molar-refractivity contribution in [2.24, 2.45) is 5.10 Å². The molecule has 9 nitrogen and oxygen atoms in total. The number of rotatable bonds is 9. The minimum atomic E-state index is -3.74. The number of carbonyl (C=O) groups is 1. The van der Waals surface area contributed by atoms with Crippen LogP contribution in [-0.4, -0.2) is 63.2 Å². The number of fused-ring (bicyclic) bond motifs is 1. The quantitative estimate of drug-likeness (QED) is 0.203. The molecule has 4 aromatic rings. The lowest BCUT2D eigenvalue weighted by Crippen LogP contribution is -2.34. The number of benzene rings is 3. The Morgan fingerprint density at radius 2 is 1.90 bits per heavy atom. The monoisotopic (exact) mass is 578 g/mol. The number of ether oxygens (including phenoxy) is 2. The van der Waals surface area contributed by atoms with Gasteiger partial charge in [-0.15, -0.1) is 0 Å². The highest BCUT2D eigenvalue weighted by Gasteiger charge is 2.27. The molecule has 1 amide bonds. The number of amides is 1. The first-order valence-electron chi connectivity index (χ1n) is 12.8. The molecule has 0 N–H and O–H groups in total. The van der Waals surface area contributed by atoms with Crippen LogP contribution in [0.15, 0.2) is 76.7 Å². The van der Waals surface area contributed by atoms with Crippen molar-refractivity contribution in [2.45, 2.75) is 30.8 Å². The molecule has 1 aliphatic rings. The summed E-state index contributed by atoms with van der Waals surface area (Å²) in [4.78, 5) is 18.5. The van der Waals surface area contributed by atoms with Gasteiger partial charge in [0, 0.05) is 25.8 Å². The highest BCUT2D eigenvalue weighted by Crippen LogP contribution is 2.32. The number of hydrogen-bond acceptors (Lipinski definition) is 8. The second-order valence-electron chi connectivity index (χ2n) is 9.55. The van der Waals surface area contributed by atoms with Crippen LogP contribution in [0.2, 0.25) is 0 Å². The third-order valence-corrected chi connectivity index (χ3v) is 9.48. The predicted octanol–water partition coefficient (Wildman–Crippen LogP) is 5.09. The number of aryl methyl sites for hydroxylation is 1. The number of carbonyl (C=O) groups excluding carboxylic acids is 1. The van der Waals surface area contributed by atoms with E-state index in [-0.39, 0.29) is 23.1 Å². The molecule has 1 aliphatic heterocycles. The van der Waals surface area contributed by atoms with Crippen LogP contribution >= 0.6 is 11.3 Å². The molecule has 11 heteroatoms. The molecule has 1 fully saturated rings. The Labute approximate surface area is 237 Å². The highest BCUT2D eigenvalue weighted by molar-refractivity contribution is 7.89. The summed E-state index contributed by atoms with van der Waals surface area (Å²) >= 11 is 1.31. The zero-order chi connectivity index (χ0) is 28.3. The van der Waals surface area contributed by atoms with Gasteiger partial charge in [-0.25, -0.2) is 13.4 Å². The summed E-state index contributed by atoms with van der Waals surface area (Å²) < 4.78 is 39.3. The average molecular weight is 579 g/mol. The number of anilines is 1. The Morgan fingerprint density at radius 1 is 1.15 bits per heavy atom. The van der Waals surface area contributed by atoms with Crippen LogP contribution in [0.4, 0.5) is 5.13 Å². The third kappa shape index (κ3) is 6.07. The van der Waals surface area contributed by atoms with Crippen molar-refractivity contribution in [3.05, 3.63) is 83.4 Å². The molecule has 0 saturated carbocycles. The van der Waals surface area contributed by atoms with Crippen LogP contribution in [0.3, 0.4) is 0 Å². The van der Waals surface area contributed by atoms with Crippen molar-refractivity contribution in [1.29, 1.82) is 0 Å². The zero-order valence-electron chi connectivity index (χ0n) is 22.5. The maximum absolute atomic E-state index is 13.7. The fourth-order valence-corrected chi connectivity index (χ4v) is 6.47. The Hall–Kier alpha value is -3.64. The van der Waals surface area contributed by atoms with Gasteiger partial charge < -0.3 is 9.47 Å². The summed E-state index contributed by atoms with van der Waals surface area (Å²) in [5, 5.41) is 6.12. The van der Waals surface area contributed by atoms with E-state index in [9.17, 15) is 13.2 Å². The Kier molecular flexibility index (Phi) is 8.27. The van der Waals surface area contributed by atoms with Gasteiger partial charge >= 0.3 is 0 Å². The molecule has 1 saturated heterocycles. The molecular weight excluding hydrogens is 548 g/mol. The zero-order valence-corrected chi connectivity index (χ0v) is 24.1. The number of sulfonamides is 1. The standard InChI is InChI=1S/C29H30N4O5S2/c1-20-6-8-21(9-7-20)18-30-33(29-31-26-15-12-23(37-3)17-27(26)39-29)28(34)22-10-13-25(14-11-22)40(35,36)32(2)19-24-5-4-16-38-24/h6-15,17-18,24H,4-5,16,19H2,1-3H3/b30-18+. The van der Waals surface area contributed by atoms with Gasteiger partial charge in [-0.1, -0.05) is 41.2 Å². The van der Waals surface area contributed by atoms with Gasteiger partial charge in [0.15, 0.2) is 0 Å². The van der Waals surface area contributed by atoms with E-state index < -0.39 is 15.9 Å². The number of hydrogen-bond donors (Lipinski definition) is 0. The molecule has 3 aromatic carbocycles. The number of likely N-dealkylation sites (N-methyl/N-ethyl adjacent to an activating group) is 1. The lowest BCUT2D eigenvalue weighted by Gasteiger charge is -2.20. The van der Waals surface area contributed by atoms with Crippen molar-refractivity contribution < 1.29 is 22.7 Å². The SMILES string of the molecule is COc1ccc2nc(N(/N=C/c3ccc(C)cc3)C(=O)c3ccc(S(=O)(=O)N(C)CC4CCCO4)cc3)sc2c1. The van der Waals surface area contributed by atoms with E-state index in [1.54, 1.807) is 20.4 Å². The van der Waals surface area contributed by atoms with Crippen molar-refractivity contribution in [2.75, 3.05) is 32.3 Å². The Morgan fingerprint density at radius 3 is 2.58 bits per heavy atom. The Balaban J connectivity index is 1.44. The van der Waals surface area contributed by atoms with Crippen molar-refractivity contribution >= 4 is 48.8 Å². The number of methoxy groups -OCH3 is 1. The van der Waals surface area contributed by atoms with Crippen LogP contribution in [0.1, 0.15) is 34.3 Å². The van der Waals surface area contributed by atoms with Crippen LogP contribution in [0.25, 0.3) is 10.2 Å². The van der Waals surface area contributed by atoms with E-state index in [4.69, 9.17) is 9.47 Å². The fraction of sp³-hybridized carbons (Fsp3) is 0.276. The van der Waals surface area contributed by atoms with E-state index in [0.717, 1.165) is 28.7 Å². The lowest BCUT2D eigenvalue weighted by molar-refractivity contribution is 0.0978. The van der Waals surface area contributed by atoms with Gasteiger partial charge in [0.1, 0.15) is 5.75 Å². The summed E-state index contributed by atoms with van der Waals surface area (Å²) in [5.74, 6) is 0.246. The number of nitrogens with zero attached hydrogens (tertiary/aromatic N) is 4. The minimum Gasteiger partial charge on any atom is -0.497 e. The number of thiazole rings is 1. The van der Waals surface area contributed by atoms with Crippen molar-refractivity contribution in [1.82, 2.24) is 9.29 Å². The molecule has 1 atom stereocenters. The maximum Gasteiger partial charge on any atom is 0.280 e. The van der Waals surface area contributed by atoms with Gasteiger partial charge in [0.05, 0.1) is 34.5 Å². The molecule has 2 heterocycles. The lowest BCUT2D eigenvalue weighted by atomic mass is 10.2. The van der Waals surface area contributed by atoms with Gasteiger partial charge in [0.25, 0.3) is 5.91 Å². The molecule has 1 unspecified atom stereocenters. The van der Waals surface area contributed by atoms with Gasteiger partial charge in [0.2, 0.25) is 15.2 Å². The van der Waals surface area contributed by atoms with Gasteiger partial charge in [-0.3, -0.25) is 4.79 Å². The third-order valence-electron chi connectivity index (χ3n) is 6.65. The van der Waals surface area contributed by atoms with E-state index >= 15 is 0 Å². The average Bonchev–Trinajstić information content (AvgIpc) is 3.63. The molecule has 0 aliphatic carbocycles. The molecule has 0 bridgehead atoms. The van der Waals surface area contributed by atoms with Gasteiger partial charge in [-0.05, 0) is 67.8 Å². The molecule has 208 valence electrons. The smallest absolute Gasteiger partial charge is 0.280 e. The second-order valence-corrected chi connectivity index (χ2v) is 12.6. The van der Waals surface area contributed by atoms with E-state index in [2.05, 4.69) is 10.1 Å². The summed E-state index contributed by atoms with van der Waals surface area (Å²) in [7, 11) is -0.605. The summed E-state index contributed by atoms with van der Waals surface area (Å²) in [6, 6.07) is 19.1. The van der Waals surface area contributed by atoms with Gasteiger partial charge in [-0.2, -0.15) is 14.4 Å². The van der Waals surface area contributed by atoms with Crippen LogP contribution in [0, 0.1) is 6.92 Å². The largest absolute Gasteiger partial charge is 0.497 e. The molecule has 5 rings (SSSR count). The second kappa shape index (κ2) is 11.8. The highest BCUT2D eigenvalue weighted by atomic mass is 32.2. The molecule has 0 spiro atoms. The topological polar surface area (TPSA) is 101 Å². The number of hydrazone groups is 1. The minimum absolute atomic E-state index is 0.102. The van der Waals surface area contributed by atoms with E-state index in [0.29, 0.717) is 23.0 Å². The Bertz CT molecular complexity index is 1630. The number of aromatic nitrogens is 1. The summed E-state index contributed by atoms with van der Waals surface area (Å²) in [6.45, 7) is 2.93. The van der Waals surface area contributed by atoms with E-state index in [1.165, 1.54) is 44.9 Å². The first kappa shape index (κ1) is 27.9. The maximum atomic E-state index is 13.7. The van der Waals surface area contributed by atoms with Crippen LogP contribution < -0.4 is 9.75 Å². The fourth-order valence-electron chi connectivity index (χ4n) is 4.32. The molecule has 40 heavy (non-hydrogen) atoms. The molecule has 0 radical (unpaired) electrons. The van der Waals surface area contributed by atoms with E-state index in [1.807, 2.05) is 49.4 Å². The van der Waals surface area contributed by atoms with Crippen LogP contribution in [0.5, 0.6) is 5.75 Å².